The van der Waals surface area contributed by atoms with Gasteiger partial charge in [-0.3, -0.25) is 0 Å². The average Bonchev–Trinajstić information content (AvgIpc) is 3.56. The van der Waals surface area contributed by atoms with Crippen molar-refractivity contribution in [1.82, 2.24) is 15.0 Å². The lowest BCUT2D eigenvalue weighted by atomic mass is 9.99. The number of hydrogen-bond donors (Lipinski definition) is 0. The number of nitrogens with zero attached hydrogens (tertiary/aromatic N) is 3. The van der Waals surface area contributed by atoms with E-state index in [9.17, 15) is 0 Å². The van der Waals surface area contributed by atoms with Gasteiger partial charge in [-0.15, -0.1) is 0 Å². The molecule has 0 N–H and O–H groups in total. The Balaban J connectivity index is 1.08. The van der Waals surface area contributed by atoms with Crippen LogP contribution in [0.1, 0.15) is 0 Å². The van der Waals surface area contributed by atoms with Crippen LogP contribution in [0.15, 0.2) is 180 Å². The molecule has 0 aliphatic rings. The SMILES string of the molecule is c1ccc(-c2ccc(-c3ccc(-c4nc(-c5ccccc5)nc(-c5ccc6c(c5)oc5ccc(-c7ccccc7)cc56)n4)cc3)cc2)cc1. The number of aromatic nitrogens is 3. The molecule has 0 saturated carbocycles. The summed E-state index contributed by atoms with van der Waals surface area (Å²) in [5.41, 5.74) is 11.4. The highest BCUT2D eigenvalue weighted by molar-refractivity contribution is 6.07. The van der Waals surface area contributed by atoms with Gasteiger partial charge in [0.15, 0.2) is 17.5 Å². The number of fused-ring (bicyclic) bond motifs is 3. The summed E-state index contributed by atoms with van der Waals surface area (Å²) in [6.45, 7) is 0. The van der Waals surface area contributed by atoms with Gasteiger partial charge < -0.3 is 4.42 Å². The minimum Gasteiger partial charge on any atom is -0.456 e. The molecular weight excluding hydrogens is 599 g/mol. The van der Waals surface area contributed by atoms with Crippen LogP contribution in [0.25, 0.3) is 89.5 Å². The molecule has 0 radical (unpaired) electrons. The predicted molar refractivity (Wildman–Crippen MR) is 200 cm³/mol. The third kappa shape index (κ3) is 5.56. The molecule has 0 bridgehead atoms. The van der Waals surface area contributed by atoms with Crippen molar-refractivity contribution in [1.29, 1.82) is 0 Å². The van der Waals surface area contributed by atoms with Crippen molar-refractivity contribution in [2.24, 2.45) is 0 Å². The van der Waals surface area contributed by atoms with Crippen LogP contribution < -0.4 is 0 Å². The highest BCUT2D eigenvalue weighted by atomic mass is 16.3. The Morgan fingerprint density at radius 2 is 0.653 bits per heavy atom. The molecule has 0 unspecified atom stereocenters. The van der Waals surface area contributed by atoms with Gasteiger partial charge in [-0.05, 0) is 57.6 Å². The van der Waals surface area contributed by atoms with Gasteiger partial charge in [0.05, 0.1) is 0 Å². The molecule has 0 aliphatic heterocycles. The lowest BCUT2D eigenvalue weighted by Crippen LogP contribution is -2.00. The summed E-state index contributed by atoms with van der Waals surface area (Å²) >= 11 is 0. The average molecular weight is 628 g/mol. The fourth-order valence-electron chi connectivity index (χ4n) is 6.37. The van der Waals surface area contributed by atoms with Crippen LogP contribution in [-0.4, -0.2) is 15.0 Å². The Kier molecular flexibility index (Phi) is 7.10. The summed E-state index contributed by atoms with van der Waals surface area (Å²) < 4.78 is 6.35. The van der Waals surface area contributed by atoms with Crippen LogP contribution in [-0.2, 0) is 0 Å². The minimum atomic E-state index is 0.594. The van der Waals surface area contributed by atoms with E-state index in [4.69, 9.17) is 19.4 Å². The molecular formula is C45H29N3O. The van der Waals surface area contributed by atoms with E-state index < -0.39 is 0 Å². The first-order valence-corrected chi connectivity index (χ1v) is 16.4. The lowest BCUT2D eigenvalue weighted by Gasteiger charge is -2.09. The fraction of sp³-hybridized carbons (Fsp3) is 0. The molecule has 9 rings (SSSR count). The van der Waals surface area contributed by atoms with Crippen LogP contribution >= 0.6 is 0 Å². The topological polar surface area (TPSA) is 51.8 Å². The molecule has 0 spiro atoms. The summed E-state index contributed by atoms with van der Waals surface area (Å²) in [4.78, 5) is 14.9. The van der Waals surface area contributed by atoms with Crippen LogP contribution in [0.5, 0.6) is 0 Å². The van der Waals surface area contributed by atoms with Crippen molar-refractivity contribution >= 4 is 21.9 Å². The zero-order chi connectivity index (χ0) is 32.6. The summed E-state index contributed by atoms with van der Waals surface area (Å²) in [7, 11) is 0. The van der Waals surface area contributed by atoms with Gasteiger partial charge in [0, 0.05) is 27.5 Å². The molecule has 0 atom stereocenters. The van der Waals surface area contributed by atoms with E-state index >= 15 is 0 Å². The number of furan rings is 1. The smallest absolute Gasteiger partial charge is 0.164 e. The monoisotopic (exact) mass is 627 g/mol. The van der Waals surface area contributed by atoms with E-state index in [1.54, 1.807) is 0 Å². The number of hydrogen-bond acceptors (Lipinski definition) is 4. The number of benzene rings is 7. The minimum absolute atomic E-state index is 0.594. The summed E-state index contributed by atoms with van der Waals surface area (Å²) in [5, 5.41) is 2.14. The number of rotatable bonds is 6. The first-order valence-electron chi connectivity index (χ1n) is 16.4. The first-order chi connectivity index (χ1) is 24.2. The maximum Gasteiger partial charge on any atom is 0.164 e. The quantitative estimate of drug-likeness (QED) is 0.184. The second kappa shape index (κ2) is 12.2. The van der Waals surface area contributed by atoms with Crippen LogP contribution in [0.3, 0.4) is 0 Å². The van der Waals surface area contributed by atoms with Crippen molar-refractivity contribution < 1.29 is 4.42 Å². The Labute approximate surface area is 284 Å². The highest BCUT2D eigenvalue weighted by Crippen LogP contribution is 2.35. The van der Waals surface area contributed by atoms with E-state index in [0.29, 0.717) is 17.5 Å². The van der Waals surface area contributed by atoms with Gasteiger partial charge >= 0.3 is 0 Å². The van der Waals surface area contributed by atoms with Crippen LogP contribution in [0, 0.1) is 0 Å². The summed E-state index contributed by atoms with van der Waals surface area (Å²) in [6, 6.07) is 60.6. The Hall–Kier alpha value is -6.65. The third-order valence-electron chi connectivity index (χ3n) is 8.97. The lowest BCUT2D eigenvalue weighted by molar-refractivity contribution is 0.669. The Bertz CT molecular complexity index is 2560. The van der Waals surface area contributed by atoms with E-state index in [0.717, 1.165) is 55.3 Å². The molecule has 0 amide bonds. The van der Waals surface area contributed by atoms with Gasteiger partial charge in [-0.25, -0.2) is 15.0 Å². The first kappa shape index (κ1) is 28.6. The van der Waals surface area contributed by atoms with Crippen LogP contribution in [0.4, 0.5) is 0 Å². The second-order valence-electron chi connectivity index (χ2n) is 12.1. The molecule has 49 heavy (non-hydrogen) atoms. The highest BCUT2D eigenvalue weighted by Gasteiger charge is 2.15. The van der Waals surface area contributed by atoms with Gasteiger partial charge in [0.1, 0.15) is 11.2 Å². The molecule has 4 heteroatoms. The standard InChI is InChI=1S/C45H29N3O/c1-4-10-30(11-5-1)32-16-18-33(19-17-32)34-20-22-36(23-21-34)44-46-43(35-14-8-3-9-15-35)47-45(48-44)38-24-26-39-40-28-37(31-12-6-2-7-13-31)25-27-41(40)49-42(39)29-38/h1-29H. The van der Waals surface area contributed by atoms with E-state index in [2.05, 4.69) is 121 Å². The molecule has 4 nitrogen and oxygen atoms in total. The normalized spacial score (nSPS) is 11.3. The molecule has 2 heterocycles. The van der Waals surface area contributed by atoms with Gasteiger partial charge in [0.2, 0.25) is 0 Å². The maximum atomic E-state index is 6.35. The fourth-order valence-corrected chi connectivity index (χ4v) is 6.37. The van der Waals surface area contributed by atoms with E-state index in [-0.39, 0.29) is 0 Å². The molecule has 9 aromatic rings. The molecule has 2 aromatic heterocycles. The third-order valence-corrected chi connectivity index (χ3v) is 8.97. The maximum absolute atomic E-state index is 6.35. The predicted octanol–water partition coefficient (Wildman–Crippen LogP) is 11.8. The largest absolute Gasteiger partial charge is 0.456 e. The van der Waals surface area contributed by atoms with Gasteiger partial charge in [-0.2, -0.15) is 0 Å². The zero-order valence-corrected chi connectivity index (χ0v) is 26.5. The zero-order valence-electron chi connectivity index (χ0n) is 26.5. The summed E-state index contributed by atoms with van der Waals surface area (Å²) in [6.07, 6.45) is 0. The van der Waals surface area contributed by atoms with Crippen molar-refractivity contribution in [3.63, 3.8) is 0 Å². The van der Waals surface area contributed by atoms with Crippen molar-refractivity contribution in [3.8, 4) is 67.5 Å². The second-order valence-corrected chi connectivity index (χ2v) is 12.1. The van der Waals surface area contributed by atoms with E-state index in [1.165, 1.54) is 16.7 Å². The molecule has 0 fully saturated rings. The molecule has 0 saturated heterocycles. The van der Waals surface area contributed by atoms with Crippen molar-refractivity contribution in [2.45, 2.75) is 0 Å². The van der Waals surface area contributed by atoms with E-state index in [1.807, 2.05) is 54.6 Å². The molecule has 7 aromatic carbocycles. The Morgan fingerprint density at radius 3 is 1.20 bits per heavy atom. The molecule has 230 valence electrons. The molecule has 0 aliphatic carbocycles. The summed E-state index contributed by atoms with van der Waals surface area (Å²) in [5.74, 6) is 1.84. The van der Waals surface area contributed by atoms with Crippen molar-refractivity contribution in [2.75, 3.05) is 0 Å². The van der Waals surface area contributed by atoms with Crippen LogP contribution in [0.2, 0.25) is 0 Å². The van der Waals surface area contributed by atoms with Crippen molar-refractivity contribution in [3.05, 3.63) is 176 Å². The van der Waals surface area contributed by atoms with Gasteiger partial charge in [0.25, 0.3) is 0 Å². The Morgan fingerprint density at radius 1 is 0.265 bits per heavy atom. The van der Waals surface area contributed by atoms with Gasteiger partial charge in [-0.1, -0.05) is 152 Å².